The molecule has 1 heterocycles. The van der Waals surface area contributed by atoms with Crippen LogP contribution in [0, 0.1) is 5.82 Å². The Morgan fingerprint density at radius 1 is 1.44 bits per heavy atom. The van der Waals surface area contributed by atoms with Gasteiger partial charge in [0.15, 0.2) is 0 Å². The van der Waals surface area contributed by atoms with Crippen molar-refractivity contribution < 1.29 is 14.2 Å². The lowest BCUT2D eigenvalue weighted by atomic mass is 9.91. The maximum absolute atomic E-state index is 13.7. The van der Waals surface area contributed by atoms with E-state index in [1.165, 1.54) is 6.07 Å². The molecule has 3 nitrogen and oxygen atoms in total. The second-order valence-electron chi connectivity index (χ2n) is 4.05. The summed E-state index contributed by atoms with van der Waals surface area (Å²) in [5, 5.41) is 12.7. The van der Waals surface area contributed by atoms with Crippen LogP contribution in [0.15, 0.2) is 24.3 Å². The molecule has 0 amide bonds. The second kappa shape index (κ2) is 4.91. The fraction of sp³-hybridized carbons (Fsp3) is 0.500. The largest absolute Gasteiger partial charge is 0.394 e. The standard InChI is InChI=1S/C12H16FNO2/c13-11-5-2-1-4-10(11)12(8-15)9-16-7-3-6-14-12/h1-2,4-5,14-15H,3,6-9H2. The third-order valence-corrected chi connectivity index (χ3v) is 2.94. The number of rotatable bonds is 2. The van der Waals surface area contributed by atoms with E-state index >= 15 is 0 Å². The minimum atomic E-state index is -0.804. The van der Waals surface area contributed by atoms with Crippen molar-refractivity contribution >= 4 is 0 Å². The van der Waals surface area contributed by atoms with Gasteiger partial charge in [-0.15, -0.1) is 0 Å². The first-order valence-corrected chi connectivity index (χ1v) is 5.47. The molecule has 16 heavy (non-hydrogen) atoms. The van der Waals surface area contributed by atoms with Gasteiger partial charge in [0.1, 0.15) is 5.82 Å². The van der Waals surface area contributed by atoms with Crippen LogP contribution in [-0.2, 0) is 10.3 Å². The number of hydrogen-bond acceptors (Lipinski definition) is 3. The number of benzene rings is 1. The molecule has 2 rings (SSSR count). The average Bonchev–Trinajstić information content (AvgIpc) is 2.56. The molecule has 1 fully saturated rings. The summed E-state index contributed by atoms with van der Waals surface area (Å²) in [5.41, 5.74) is -0.332. The molecule has 0 radical (unpaired) electrons. The summed E-state index contributed by atoms with van der Waals surface area (Å²) in [7, 11) is 0. The van der Waals surface area contributed by atoms with E-state index in [1.54, 1.807) is 18.2 Å². The van der Waals surface area contributed by atoms with E-state index in [0.29, 0.717) is 18.8 Å². The van der Waals surface area contributed by atoms with Crippen molar-refractivity contribution in [2.45, 2.75) is 12.0 Å². The topological polar surface area (TPSA) is 41.5 Å². The lowest BCUT2D eigenvalue weighted by Crippen LogP contribution is -2.49. The summed E-state index contributed by atoms with van der Waals surface area (Å²) >= 11 is 0. The predicted octanol–water partition coefficient (Wildman–Crippen LogP) is 1.02. The second-order valence-corrected chi connectivity index (χ2v) is 4.05. The molecule has 4 heteroatoms. The van der Waals surface area contributed by atoms with Crippen LogP contribution in [0.5, 0.6) is 0 Å². The smallest absolute Gasteiger partial charge is 0.128 e. The highest BCUT2D eigenvalue weighted by Gasteiger charge is 2.34. The van der Waals surface area contributed by atoms with Gasteiger partial charge in [-0.05, 0) is 19.0 Å². The molecule has 88 valence electrons. The molecule has 0 aliphatic carbocycles. The molecule has 2 N–H and O–H groups in total. The molecule has 1 aliphatic rings. The zero-order valence-corrected chi connectivity index (χ0v) is 9.08. The molecule has 0 spiro atoms. The van der Waals surface area contributed by atoms with Crippen molar-refractivity contribution in [2.75, 3.05) is 26.4 Å². The highest BCUT2D eigenvalue weighted by atomic mass is 19.1. The molecule has 0 bridgehead atoms. The molecule has 1 aliphatic heterocycles. The van der Waals surface area contributed by atoms with E-state index in [1.807, 2.05) is 0 Å². The summed E-state index contributed by atoms with van der Waals surface area (Å²) < 4.78 is 19.2. The molecule has 1 aromatic carbocycles. The molecule has 1 saturated heterocycles. The fourth-order valence-electron chi connectivity index (χ4n) is 2.01. The van der Waals surface area contributed by atoms with Gasteiger partial charge in [0, 0.05) is 12.2 Å². The minimum Gasteiger partial charge on any atom is -0.394 e. The van der Waals surface area contributed by atoms with Crippen molar-refractivity contribution in [2.24, 2.45) is 0 Å². The number of hydrogen-bond donors (Lipinski definition) is 2. The monoisotopic (exact) mass is 225 g/mol. The number of aliphatic hydroxyl groups is 1. The van der Waals surface area contributed by atoms with Gasteiger partial charge < -0.3 is 15.2 Å². The zero-order chi connectivity index (χ0) is 11.4. The number of ether oxygens (including phenoxy) is 1. The highest BCUT2D eigenvalue weighted by molar-refractivity contribution is 5.27. The number of aliphatic hydroxyl groups excluding tert-OH is 1. The third-order valence-electron chi connectivity index (χ3n) is 2.94. The summed E-state index contributed by atoms with van der Waals surface area (Å²) in [6.07, 6.45) is 0.871. The third kappa shape index (κ3) is 2.09. The van der Waals surface area contributed by atoms with E-state index < -0.39 is 5.54 Å². The number of nitrogens with one attached hydrogen (secondary N) is 1. The first-order valence-electron chi connectivity index (χ1n) is 5.47. The normalized spacial score (nSPS) is 26.4. The Morgan fingerprint density at radius 3 is 3.00 bits per heavy atom. The van der Waals surface area contributed by atoms with E-state index in [4.69, 9.17) is 4.74 Å². The maximum atomic E-state index is 13.7. The van der Waals surface area contributed by atoms with Gasteiger partial charge in [0.05, 0.1) is 18.8 Å². The minimum absolute atomic E-state index is 0.173. The molecular weight excluding hydrogens is 209 g/mol. The molecule has 1 aromatic rings. The summed E-state index contributed by atoms with van der Waals surface area (Å²) in [6.45, 7) is 1.48. The summed E-state index contributed by atoms with van der Waals surface area (Å²) in [4.78, 5) is 0. The lowest BCUT2D eigenvalue weighted by Gasteiger charge is -2.31. The van der Waals surface area contributed by atoms with E-state index in [9.17, 15) is 9.50 Å². The van der Waals surface area contributed by atoms with Crippen molar-refractivity contribution in [3.63, 3.8) is 0 Å². The maximum Gasteiger partial charge on any atom is 0.128 e. The lowest BCUT2D eigenvalue weighted by molar-refractivity contribution is 0.0532. The van der Waals surface area contributed by atoms with Crippen LogP contribution in [-0.4, -0.2) is 31.5 Å². The zero-order valence-electron chi connectivity index (χ0n) is 9.08. The highest BCUT2D eigenvalue weighted by Crippen LogP contribution is 2.25. The van der Waals surface area contributed by atoms with E-state index in [-0.39, 0.29) is 12.4 Å². The van der Waals surface area contributed by atoms with Gasteiger partial charge in [-0.3, -0.25) is 0 Å². The van der Waals surface area contributed by atoms with Crippen LogP contribution in [0.2, 0.25) is 0 Å². The summed E-state index contributed by atoms with van der Waals surface area (Å²) in [5.74, 6) is -0.311. The molecule has 1 unspecified atom stereocenters. The fourth-order valence-corrected chi connectivity index (χ4v) is 2.01. The molecule has 1 atom stereocenters. The Labute approximate surface area is 94.2 Å². The van der Waals surface area contributed by atoms with Gasteiger partial charge in [-0.2, -0.15) is 0 Å². The number of halogens is 1. The van der Waals surface area contributed by atoms with Crippen molar-refractivity contribution in [3.05, 3.63) is 35.6 Å². The van der Waals surface area contributed by atoms with Crippen molar-refractivity contribution in [1.29, 1.82) is 0 Å². The van der Waals surface area contributed by atoms with Crippen LogP contribution in [0.1, 0.15) is 12.0 Å². The SMILES string of the molecule is OCC1(c2ccccc2F)COCCCN1. The Hall–Kier alpha value is -0.970. The van der Waals surface area contributed by atoms with Crippen LogP contribution in [0.3, 0.4) is 0 Å². The van der Waals surface area contributed by atoms with Crippen molar-refractivity contribution in [1.82, 2.24) is 5.32 Å². The van der Waals surface area contributed by atoms with Gasteiger partial charge in [-0.25, -0.2) is 4.39 Å². The first-order chi connectivity index (χ1) is 7.78. The van der Waals surface area contributed by atoms with Gasteiger partial charge >= 0.3 is 0 Å². The molecular formula is C12H16FNO2. The average molecular weight is 225 g/mol. The van der Waals surface area contributed by atoms with Crippen LogP contribution in [0.4, 0.5) is 4.39 Å². The van der Waals surface area contributed by atoms with Gasteiger partial charge in [0.2, 0.25) is 0 Å². The van der Waals surface area contributed by atoms with Crippen LogP contribution < -0.4 is 5.32 Å². The Morgan fingerprint density at radius 2 is 2.25 bits per heavy atom. The summed E-state index contributed by atoms with van der Waals surface area (Å²) in [6, 6.07) is 6.50. The van der Waals surface area contributed by atoms with Gasteiger partial charge in [0.25, 0.3) is 0 Å². The Kier molecular flexibility index (Phi) is 3.53. The Bertz CT molecular complexity index is 349. The van der Waals surface area contributed by atoms with Crippen LogP contribution >= 0.6 is 0 Å². The molecule has 0 aromatic heterocycles. The van der Waals surface area contributed by atoms with E-state index in [2.05, 4.69) is 5.32 Å². The van der Waals surface area contributed by atoms with Gasteiger partial charge in [-0.1, -0.05) is 18.2 Å². The Balaban J connectivity index is 2.36. The molecule has 0 saturated carbocycles. The van der Waals surface area contributed by atoms with Crippen LogP contribution in [0.25, 0.3) is 0 Å². The first kappa shape index (κ1) is 11.5. The van der Waals surface area contributed by atoms with E-state index in [0.717, 1.165) is 13.0 Å². The quantitative estimate of drug-likeness (QED) is 0.789. The van der Waals surface area contributed by atoms with Crippen molar-refractivity contribution in [3.8, 4) is 0 Å². The predicted molar refractivity (Wildman–Crippen MR) is 58.6 cm³/mol.